The maximum Gasteiger partial charge on any atom is 0.336 e. The van der Waals surface area contributed by atoms with Crippen LogP contribution in [0.15, 0.2) is 12.1 Å². The van der Waals surface area contributed by atoms with Crippen LogP contribution in [-0.2, 0) is 0 Å². The molecule has 0 fully saturated rings. The lowest BCUT2D eigenvalue weighted by molar-refractivity contribution is 0.0649. The standard InChI is InChI=1S/C10H8O6/c11-9(12)5-3-7-8(16-2-1-15-7)4-6(5)10(13)14/h3-4H,1-2H2,(H,11,12)(H,13,14). The second-order valence-electron chi connectivity index (χ2n) is 3.15. The van der Waals surface area contributed by atoms with Gasteiger partial charge in [-0.2, -0.15) is 0 Å². The van der Waals surface area contributed by atoms with E-state index in [9.17, 15) is 9.59 Å². The number of carbonyl (C=O) groups is 2. The van der Waals surface area contributed by atoms with Gasteiger partial charge in [0.25, 0.3) is 0 Å². The molecule has 84 valence electrons. The Bertz CT molecular complexity index is 422. The fraction of sp³-hybridized carbons (Fsp3) is 0.200. The number of fused-ring (bicyclic) bond motifs is 1. The summed E-state index contributed by atoms with van der Waals surface area (Å²) in [6.45, 7) is 0.636. The first-order chi connectivity index (χ1) is 7.59. The highest BCUT2D eigenvalue weighted by Gasteiger charge is 2.22. The Balaban J connectivity index is 2.59. The van der Waals surface area contributed by atoms with Gasteiger partial charge in [-0.1, -0.05) is 0 Å². The molecule has 0 spiro atoms. The summed E-state index contributed by atoms with van der Waals surface area (Å²) in [5.41, 5.74) is -0.617. The zero-order valence-electron chi connectivity index (χ0n) is 8.10. The molecule has 0 radical (unpaired) electrons. The van der Waals surface area contributed by atoms with Gasteiger partial charge in [0.2, 0.25) is 0 Å². The van der Waals surface area contributed by atoms with Crippen LogP contribution in [0.1, 0.15) is 20.7 Å². The van der Waals surface area contributed by atoms with E-state index >= 15 is 0 Å². The summed E-state index contributed by atoms with van der Waals surface area (Å²) in [4.78, 5) is 21.7. The van der Waals surface area contributed by atoms with Gasteiger partial charge in [-0.3, -0.25) is 0 Å². The highest BCUT2D eigenvalue weighted by Crippen LogP contribution is 2.33. The molecule has 16 heavy (non-hydrogen) atoms. The van der Waals surface area contributed by atoms with Gasteiger partial charge in [-0.05, 0) is 12.1 Å². The zero-order valence-corrected chi connectivity index (χ0v) is 8.10. The van der Waals surface area contributed by atoms with E-state index in [1.54, 1.807) is 0 Å². The molecule has 6 heteroatoms. The van der Waals surface area contributed by atoms with Crippen LogP contribution in [0.25, 0.3) is 0 Å². The van der Waals surface area contributed by atoms with Crippen LogP contribution in [0.5, 0.6) is 11.5 Å². The van der Waals surface area contributed by atoms with Gasteiger partial charge in [-0.15, -0.1) is 0 Å². The Morgan fingerprint density at radius 3 is 1.62 bits per heavy atom. The minimum Gasteiger partial charge on any atom is -0.486 e. The second kappa shape index (κ2) is 3.73. The first-order valence-electron chi connectivity index (χ1n) is 4.50. The van der Waals surface area contributed by atoms with E-state index in [0.717, 1.165) is 0 Å². The third kappa shape index (κ3) is 1.65. The SMILES string of the molecule is O=C(O)c1cc2c(cc1C(=O)O)OCCO2. The van der Waals surface area contributed by atoms with Crippen LogP contribution in [0.2, 0.25) is 0 Å². The highest BCUT2D eigenvalue weighted by atomic mass is 16.6. The molecule has 0 unspecified atom stereocenters. The third-order valence-corrected chi connectivity index (χ3v) is 2.14. The molecule has 2 N–H and O–H groups in total. The van der Waals surface area contributed by atoms with E-state index in [-0.39, 0.29) is 22.6 Å². The summed E-state index contributed by atoms with van der Waals surface area (Å²) in [5, 5.41) is 17.7. The van der Waals surface area contributed by atoms with Crippen molar-refractivity contribution in [1.29, 1.82) is 0 Å². The van der Waals surface area contributed by atoms with Crippen LogP contribution in [-0.4, -0.2) is 35.4 Å². The van der Waals surface area contributed by atoms with Crippen molar-refractivity contribution in [2.75, 3.05) is 13.2 Å². The Hall–Kier alpha value is -2.24. The van der Waals surface area contributed by atoms with Crippen LogP contribution in [0.4, 0.5) is 0 Å². The molecule has 1 aliphatic rings. The van der Waals surface area contributed by atoms with Crippen molar-refractivity contribution in [3.8, 4) is 11.5 Å². The molecule has 1 aromatic carbocycles. The lowest BCUT2D eigenvalue weighted by Gasteiger charge is -2.19. The Morgan fingerprint density at radius 2 is 1.31 bits per heavy atom. The average Bonchev–Trinajstić information content (AvgIpc) is 2.27. The summed E-state index contributed by atoms with van der Waals surface area (Å²) in [5.74, 6) is -2.11. The van der Waals surface area contributed by atoms with Gasteiger partial charge in [0.15, 0.2) is 11.5 Å². The third-order valence-electron chi connectivity index (χ3n) is 2.14. The molecule has 0 bridgehead atoms. The molecular weight excluding hydrogens is 216 g/mol. The van der Waals surface area contributed by atoms with Crippen molar-refractivity contribution in [2.24, 2.45) is 0 Å². The first-order valence-corrected chi connectivity index (χ1v) is 4.50. The summed E-state index contributed by atoms with van der Waals surface area (Å²) >= 11 is 0. The van der Waals surface area contributed by atoms with Crippen molar-refractivity contribution in [3.05, 3.63) is 23.3 Å². The fourth-order valence-electron chi connectivity index (χ4n) is 1.44. The summed E-state index contributed by atoms with van der Waals surface area (Å²) in [6.07, 6.45) is 0. The van der Waals surface area contributed by atoms with Gasteiger partial charge in [0, 0.05) is 0 Å². The molecule has 0 aliphatic carbocycles. The molecule has 6 nitrogen and oxygen atoms in total. The molecule has 0 amide bonds. The van der Waals surface area contributed by atoms with Crippen molar-refractivity contribution in [3.63, 3.8) is 0 Å². The van der Waals surface area contributed by atoms with Crippen LogP contribution >= 0.6 is 0 Å². The van der Waals surface area contributed by atoms with Gasteiger partial charge in [0.1, 0.15) is 13.2 Å². The number of rotatable bonds is 2. The monoisotopic (exact) mass is 224 g/mol. The van der Waals surface area contributed by atoms with Crippen molar-refractivity contribution < 1.29 is 29.3 Å². The van der Waals surface area contributed by atoms with E-state index in [2.05, 4.69) is 0 Å². The Labute approximate surface area is 90.0 Å². The van der Waals surface area contributed by atoms with E-state index in [0.29, 0.717) is 13.2 Å². The fourth-order valence-corrected chi connectivity index (χ4v) is 1.44. The molecule has 1 aromatic rings. The van der Waals surface area contributed by atoms with Crippen molar-refractivity contribution >= 4 is 11.9 Å². The van der Waals surface area contributed by atoms with Gasteiger partial charge in [-0.25, -0.2) is 9.59 Å². The topological polar surface area (TPSA) is 93.1 Å². The van der Waals surface area contributed by atoms with Gasteiger partial charge < -0.3 is 19.7 Å². The molecule has 0 aromatic heterocycles. The van der Waals surface area contributed by atoms with E-state index < -0.39 is 11.9 Å². The average molecular weight is 224 g/mol. The number of benzene rings is 1. The van der Waals surface area contributed by atoms with Crippen LogP contribution in [0, 0.1) is 0 Å². The van der Waals surface area contributed by atoms with Gasteiger partial charge in [0.05, 0.1) is 11.1 Å². The lowest BCUT2D eigenvalue weighted by atomic mass is 10.1. The molecule has 0 saturated carbocycles. The minimum absolute atomic E-state index is 0.258. The maximum atomic E-state index is 10.9. The summed E-state index contributed by atoms with van der Waals surface area (Å²) < 4.78 is 10.3. The molecule has 2 rings (SSSR count). The van der Waals surface area contributed by atoms with E-state index in [1.807, 2.05) is 0 Å². The molecule has 0 atom stereocenters. The summed E-state index contributed by atoms with van der Waals surface area (Å²) in [6, 6.07) is 2.33. The largest absolute Gasteiger partial charge is 0.486 e. The molecular formula is C10H8O6. The minimum atomic E-state index is -1.31. The number of ether oxygens (including phenoxy) is 2. The number of hydrogen-bond acceptors (Lipinski definition) is 4. The Morgan fingerprint density at radius 1 is 0.938 bits per heavy atom. The van der Waals surface area contributed by atoms with Crippen LogP contribution in [0.3, 0.4) is 0 Å². The predicted molar refractivity (Wildman–Crippen MR) is 51.4 cm³/mol. The summed E-state index contributed by atoms with van der Waals surface area (Å²) in [7, 11) is 0. The van der Waals surface area contributed by atoms with E-state index in [1.165, 1.54) is 12.1 Å². The molecule has 1 heterocycles. The van der Waals surface area contributed by atoms with Gasteiger partial charge >= 0.3 is 11.9 Å². The van der Waals surface area contributed by atoms with Crippen molar-refractivity contribution in [1.82, 2.24) is 0 Å². The van der Waals surface area contributed by atoms with Crippen molar-refractivity contribution in [2.45, 2.75) is 0 Å². The normalized spacial score (nSPS) is 13.2. The van der Waals surface area contributed by atoms with E-state index in [4.69, 9.17) is 19.7 Å². The molecule has 1 aliphatic heterocycles. The molecule has 0 saturated heterocycles. The first kappa shape index (κ1) is 10.3. The number of hydrogen-bond donors (Lipinski definition) is 2. The maximum absolute atomic E-state index is 10.9. The predicted octanol–water partition coefficient (Wildman–Crippen LogP) is 0.854. The number of aromatic carboxylic acids is 2. The zero-order chi connectivity index (χ0) is 11.7. The quantitative estimate of drug-likeness (QED) is 0.773. The Kier molecular flexibility index (Phi) is 2.40. The van der Waals surface area contributed by atoms with Crippen LogP contribution < -0.4 is 9.47 Å². The lowest BCUT2D eigenvalue weighted by Crippen LogP contribution is -2.17. The number of carboxylic acids is 2. The smallest absolute Gasteiger partial charge is 0.336 e. The second-order valence-corrected chi connectivity index (χ2v) is 3.15. The highest BCUT2D eigenvalue weighted by molar-refractivity contribution is 6.02. The number of carboxylic acid groups (broad SMARTS) is 2.